The number of nitrogen functional groups attached to an aromatic ring is 1. The van der Waals surface area contributed by atoms with E-state index in [1.54, 1.807) is 18.2 Å². The summed E-state index contributed by atoms with van der Waals surface area (Å²) in [5, 5.41) is 10.4. The van der Waals surface area contributed by atoms with Crippen LogP contribution >= 0.6 is 11.6 Å². The van der Waals surface area contributed by atoms with E-state index in [0.29, 0.717) is 27.8 Å². The van der Waals surface area contributed by atoms with Crippen molar-refractivity contribution in [1.82, 2.24) is 4.98 Å². The molecule has 0 aliphatic heterocycles. The van der Waals surface area contributed by atoms with Crippen molar-refractivity contribution in [1.29, 1.82) is 5.26 Å². The second-order valence-corrected chi connectivity index (χ2v) is 4.80. The van der Waals surface area contributed by atoms with Crippen LogP contribution in [0, 0.1) is 11.3 Å². The van der Waals surface area contributed by atoms with E-state index >= 15 is 0 Å². The highest BCUT2D eigenvalue weighted by Gasteiger charge is 2.14. The minimum atomic E-state index is 0.327. The Morgan fingerprint density at radius 1 is 1.10 bits per heavy atom. The Bertz CT molecular complexity index is 851. The van der Waals surface area contributed by atoms with E-state index in [0.717, 1.165) is 10.9 Å². The summed E-state index contributed by atoms with van der Waals surface area (Å²) in [4.78, 5) is 4.23. The Hall–Kier alpha value is -2.77. The van der Waals surface area contributed by atoms with Crippen molar-refractivity contribution in [2.45, 2.75) is 0 Å². The van der Waals surface area contributed by atoms with Crippen LogP contribution in [0.15, 0.2) is 48.7 Å². The molecule has 0 saturated heterocycles. The minimum absolute atomic E-state index is 0.327. The number of para-hydroxylation sites is 2. The molecule has 2 aromatic carbocycles. The van der Waals surface area contributed by atoms with Crippen molar-refractivity contribution >= 4 is 28.2 Å². The molecule has 0 unspecified atom stereocenters. The number of benzene rings is 2. The van der Waals surface area contributed by atoms with Crippen LogP contribution in [0.4, 0.5) is 5.69 Å². The molecule has 3 rings (SSSR count). The van der Waals surface area contributed by atoms with Gasteiger partial charge in [0, 0.05) is 11.6 Å². The Morgan fingerprint density at radius 3 is 2.67 bits per heavy atom. The molecular formula is C16H10ClN3O. The molecule has 0 bridgehead atoms. The highest BCUT2D eigenvalue weighted by atomic mass is 35.5. The molecule has 0 atom stereocenters. The van der Waals surface area contributed by atoms with E-state index in [1.165, 1.54) is 6.20 Å². The summed E-state index contributed by atoms with van der Waals surface area (Å²) in [5.74, 6) is 0.745. The van der Waals surface area contributed by atoms with Crippen LogP contribution in [0.25, 0.3) is 10.9 Å². The number of ether oxygens (including phenoxy) is 1. The summed E-state index contributed by atoms with van der Waals surface area (Å²) in [6.07, 6.45) is 1.48. The number of nitrogens with two attached hydrogens (primary N) is 1. The average molecular weight is 296 g/mol. The topological polar surface area (TPSA) is 71.9 Å². The molecule has 1 aromatic heterocycles. The van der Waals surface area contributed by atoms with Gasteiger partial charge in [-0.25, -0.2) is 0 Å². The SMILES string of the molecule is N#Cc1cnc2ccccc2c1Oc1c(N)cccc1Cl. The largest absolute Gasteiger partial charge is 0.451 e. The lowest BCUT2D eigenvalue weighted by Crippen LogP contribution is -1.96. The third-order valence-electron chi connectivity index (χ3n) is 3.05. The maximum atomic E-state index is 9.26. The van der Waals surface area contributed by atoms with Crippen molar-refractivity contribution in [2.24, 2.45) is 0 Å². The summed E-state index contributed by atoms with van der Waals surface area (Å²) < 4.78 is 5.86. The van der Waals surface area contributed by atoms with Gasteiger partial charge in [0.05, 0.1) is 16.2 Å². The molecule has 0 aliphatic carbocycles. The molecule has 0 spiro atoms. The standard InChI is InChI=1S/C16H10ClN3O/c17-12-5-3-6-13(19)16(12)21-15-10(8-18)9-20-14-7-2-1-4-11(14)15/h1-7,9H,19H2. The number of hydrogen-bond donors (Lipinski definition) is 1. The molecule has 21 heavy (non-hydrogen) atoms. The van der Waals surface area contributed by atoms with E-state index in [4.69, 9.17) is 22.1 Å². The Kier molecular flexibility index (Phi) is 3.35. The van der Waals surface area contributed by atoms with Crippen molar-refractivity contribution in [3.05, 3.63) is 59.2 Å². The Labute approximate surface area is 126 Å². The number of aromatic nitrogens is 1. The van der Waals surface area contributed by atoms with E-state index in [9.17, 15) is 5.26 Å². The molecule has 4 nitrogen and oxygen atoms in total. The number of nitriles is 1. The van der Waals surface area contributed by atoms with Crippen molar-refractivity contribution in [3.8, 4) is 17.6 Å². The lowest BCUT2D eigenvalue weighted by molar-refractivity contribution is 0.489. The molecule has 0 radical (unpaired) electrons. The second kappa shape index (κ2) is 5.31. The predicted molar refractivity (Wildman–Crippen MR) is 82.4 cm³/mol. The molecular weight excluding hydrogens is 286 g/mol. The van der Waals surface area contributed by atoms with E-state index in [2.05, 4.69) is 11.1 Å². The van der Waals surface area contributed by atoms with Crippen LogP contribution < -0.4 is 10.5 Å². The fourth-order valence-corrected chi connectivity index (χ4v) is 2.26. The molecule has 0 fully saturated rings. The third-order valence-corrected chi connectivity index (χ3v) is 3.35. The van der Waals surface area contributed by atoms with Gasteiger partial charge in [0.2, 0.25) is 0 Å². The first-order valence-corrected chi connectivity index (χ1v) is 6.58. The van der Waals surface area contributed by atoms with Gasteiger partial charge in [0.1, 0.15) is 11.6 Å². The Balaban J connectivity index is 2.22. The number of rotatable bonds is 2. The van der Waals surface area contributed by atoms with Crippen molar-refractivity contribution < 1.29 is 4.74 Å². The molecule has 3 aromatic rings. The average Bonchev–Trinajstić information content (AvgIpc) is 2.51. The van der Waals surface area contributed by atoms with Gasteiger partial charge < -0.3 is 10.5 Å². The summed E-state index contributed by atoms with van der Waals surface area (Å²) in [6.45, 7) is 0. The summed E-state index contributed by atoms with van der Waals surface area (Å²) >= 11 is 6.12. The van der Waals surface area contributed by atoms with Crippen LogP contribution in [0.2, 0.25) is 5.02 Å². The van der Waals surface area contributed by atoms with Crippen LogP contribution in [0.3, 0.4) is 0 Å². The number of hydrogen-bond acceptors (Lipinski definition) is 4. The van der Waals surface area contributed by atoms with Gasteiger partial charge in [0.15, 0.2) is 11.5 Å². The lowest BCUT2D eigenvalue weighted by atomic mass is 10.1. The number of anilines is 1. The molecule has 2 N–H and O–H groups in total. The quantitative estimate of drug-likeness (QED) is 0.721. The number of nitrogens with zero attached hydrogens (tertiary/aromatic N) is 2. The van der Waals surface area contributed by atoms with E-state index in [-0.39, 0.29) is 0 Å². The maximum Gasteiger partial charge on any atom is 0.168 e. The van der Waals surface area contributed by atoms with Gasteiger partial charge in [-0.15, -0.1) is 0 Å². The van der Waals surface area contributed by atoms with Crippen LogP contribution in [-0.2, 0) is 0 Å². The number of halogens is 1. The minimum Gasteiger partial charge on any atom is -0.451 e. The summed E-state index contributed by atoms with van der Waals surface area (Å²) in [6, 6.07) is 14.6. The number of fused-ring (bicyclic) bond motifs is 1. The van der Waals surface area contributed by atoms with Gasteiger partial charge >= 0.3 is 0 Å². The van der Waals surface area contributed by atoms with E-state index in [1.807, 2.05) is 24.3 Å². The second-order valence-electron chi connectivity index (χ2n) is 4.39. The smallest absolute Gasteiger partial charge is 0.168 e. The van der Waals surface area contributed by atoms with Crippen LogP contribution in [0.5, 0.6) is 11.5 Å². The molecule has 0 saturated carbocycles. The molecule has 102 valence electrons. The Morgan fingerprint density at radius 2 is 1.90 bits per heavy atom. The zero-order valence-corrected chi connectivity index (χ0v) is 11.6. The first-order chi connectivity index (χ1) is 10.2. The van der Waals surface area contributed by atoms with Gasteiger partial charge in [0.25, 0.3) is 0 Å². The summed E-state index contributed by atoms with van der Waals surface area (Å²) in [5.41, 5.74) is 7.37. The van der Waals surface area contributed by atoms with Gasteiger partial charge in [-0.1, -0.05) is 29.8 Å². The fourth-order valence-electron chi connectivity index (χ4n) is 2.04. The zero-order chi connectivity index (χ0) is 14.8. The van der Waals surface area contributed by atoms with Gasteiger partial charge in [-0.05, 0) is 24.3 Å². The first kappa shape index (κ1) is 13.2. The normalized spacial score (nSPS) is 10.3. The molecule has 5 heteroatoms. The summed E-state index contributed by atoms with van der Waals surface area (Å²) in [7, 11) is 0. The zero-order valence-electron chi connectivity index (χ0n) is 10.9. The highest BCUT2D eigenvalue weighted by Crippen LogP contribution is 2.38. The van der Waals surface area contributed by atoms with Crippen molar-refractivity contribution in [3.63, 3.8) is 0 Å². The fraction of sp³-hybridized carbons (Fsp3) is 0. The van der Waals surface area contributed by atoms with Gasteiger partial charge in [-0.2, -0.15) is 5.26 Å². The predicted octanol–water partition coefficient (Wildman–Crippen LogP) is 4.13. The first-order valence-electron chi connectivity index (χ1n) is 6.20. The van der Waals surface area contributed by atoms with E-state index < -0.39 is 0 Å². The van der Waals surface area contributed by atoms with Gasteiger partial charge in [-0.3, -0.25) is 4.98 Å². The molecule has 0 aliphatic rings. The highest BCUT2D eigenvalue weighted by molar-refractivity contribution is 6.32. The lowest BCUT2D eigenvalue weighted by Gasteiger charge is -2.13. The monoisotopic (exact) mass is 295 g/mol. The molecule has 1 heterocycles. The third kappa shape index (κ3) is 2.35. The number of pyridine rings is 1. The van der Waals surface area contributed by atoms with Crippen LogP contribution in [0.1, 0.15) is 5.56 Å². The van der Waals surface area contributed by atoms with Crippen molar-refractivity contribution in [2.75, 3.05) is 5.73 Å². The molecule has 0 amide bonds. The maximum absolute atomic E-state index is 9.26. The van der Waals surface area contributed by atoms with Crippen LogP contribution in [-0.4, -0.2) is 4.98 Å².